The molecule has 0 bridgehead atoms. The monoisotopic (exact) mass is 327 g/mol. The van der Waals surface area contributed by atoms with Gasteiger partial charge in [0.2, 0.25) is 5.91 Å². The molecule has 2 heterocycles. The van der Waals surface area contributed by atoms with Crippen LogP contribution in [0.1, 0.15) is 36.2 Å². The molecule has 0 radical (unpaired) electrons. The fourth-order valence-electron chi connectivity index (χ4n) is 2.75. The summed E-state index contributed by atoms with van der Waals surface area (Å²) in [6.07, 6.45) is 1.24. The third-order valence-corrected chi connectivity index (χ3v) is 4.99. The highest BCUT2D eigenvalue weighted by atomic mass is 32.1. The highest BCUT2D eigenvalue weighted by Crippen LogP contribution is 2.34. The zero-order valence-electron chi connectivity index (χ0n) is 13.7. The van der Waals surface area contributed by atoms with Crippen molar-refractivity contribution in [3.05, 3.63) is 52.2 Å². The number of carbonyl (C=O) groups excluding carboxylic acids is 1. The van der Waals surface area contributed by atoms with E-state index >= 15 is 0 Å². The summed E-state index contributed by atoms with van der Waals surface area (Å²) >= 11 is 1.67. The molecule has 1 amide bonds. The predicted molar refractivity (Wildman–Crippen MR) is 96.1 cm³/mol. The minimum Gasteiger partial charge on any atom is -0.378 e. The summed E-state index contributed by atoms with van der Waals surface area (Å²) in [7, 11) is 4.05. The average molecular weight is 327 g/mol. The van der Waals surface area contributed by atoms with Gasteiger partial charge in [-0.1, -0.05) is 25.1 Å². The molecule has 0 saturated carbocycles. The van der Waals surface area contributed by atoms with Crippen molar-refractivity contribution >= 4 is 28.6 Å². The molecule has 1 aromatic carbocycles. The summed E-state index contributed by atoms with van der Waals surface area (Å²) in [6, 6.07) is 12.5. The standard InChI is InChI=1S/C18H21N3OS/c1-4-18(22)21-16(12-15(19-21)17-6-5-11-23-17)13-7-9-14(10-8-13)20(2)3/h5-11,16H,4,12H2,1-3H3. The summed E-state index contributed by atoms with van der Waals surface area (Å²) < 4.78 is 0. The molecule has 5 heteroatoms. The number of thiophene rings is 1. The molecule has 23 heavy (non-hydrogen) atoms. The average Bonchev–Trinajstić information content (AvgIpc) is 3.23. The number of carbonyl (C=O) groups is 1. The smallest absolute Gasteiger partial charge is 0.242 e. The van der Waals surface area contributed by atoms with E-state index in [9.17, 15) is 4.79 Å². The van der Waals surface area contributed by atoms with Crippen LogP contribution < -0.4 is 4.90 Å². The van der Waals surface area contributed by atoms with Crippen molar-refractivity contribution < 1.29 is 4.79 Å². The van der Waals surface area contributed by atoms with Gasteiger partial charge in [-0.25, -0.2) is 5.01 Å². The highest BCUT2D eigenvalue weighted by molar-refractivity contribution is 7.12. The topological polar surface area (TPSA) is 35.9 Å². The van der Waals surface area contributed by atoms with E-state index in [-0.39, 0.29) is 11.9 Å². The third-order valence-electron chi connectivity index (χ3n) is 4.07. The molecule has 0 spiro atoms. The number of anilines is 1. The zero-order chi connectivity index (χ0) is 16.4. The van der Waals surface area contributed by atoms with E-state index in [0.717, 1.165) is 28.3 Å². The second-order valence-corrected chi connectivity index (χ2v) is 6.77. The fraction of sp³-hybridized carbons (Fsp3) is 0.333. The molecule has 120 valence electrons. The van der Waals surface area contributed by atoms with Gasteiger partial charge in [-0.3, -0.25) is 4.79 Å². The van der Waals surface area contributed by atoms with Crippen molar-refractivity contribution in [1.29, 1.82) is 0 Å². The van der Waals surface area contributed by atoms with Gasteiger partial charge in [-0.15, -0.1) is 11.3 Å². The molecule has 1 aliphatic rings. The molecule has 3 rings (SSSR count). The number of nitrogens with zero attached hydrogens (tertiary/aromatic N) is 3. The fourth-order valence-corrected chi connectivity index (χ4v) is 3.47. The Kier molecular flexibility index (Phi) is 4.48. The number of benzene rings is 1. The minimum absolute atomic E-state index is 0.00392. The molecular formula is C18H21N3OS. The molecule has 0 N–H and O–H groups in total. The van der Waals surface area contributed by atoms with Crippen LogP contribution in [0.25, 0.3) is 0 Å². The largest absolute Gasteiger partial charge is 0.378 e. The molecule has 1 aliphatic heterocycles. The van der Waals surface area contributed by atoms with E-state index in [4.69, 9.17) is 0 Å². The van der Waals surface area contributed by atoms with Crippen molar-refractivity contribution in [3.63, 3.8) is 0 Å². The number of hydrogen-bond acceptors (Lipinski definition) is 4. The summed E-state index contributed by atoms with van der Waals surface area (Å²) in [5, 5.41) is 8.33. The lowest BCUT2D eigenvalue weighted by atomic mass is 10.0. The molecular weight excluding hydrogens is 306 g/mol. The van der Waals surface area contributed by atoms with Crippen molar-refractivity contribution in [2.45, 2.75) is 25.8 Å². The van der Waals surface area contributed by atoms with Gasteiger partial charge in [0.25, 0.3) is 0 Å². The first kappa shape index (κ1) is 15.7. The Bertz CT molecular complexity index is 704. The molecule has 0 aliphatic carbocycles. The number of amides is 1. The van der Waals surface area contributed by atoms with Crippen molar-refractivity contribution in [1.82, 2.24) is 5.01 Å². The molecule has 0 saturated heterocycles. The van der Waals surface area contributed by atoms with E-state index in [0.29, 0.717) is 6.42 Å². The van der Waals surface area contributed by atoms with E-state index in [1.807, 2.05) is 32.5 Å². The van der Waals surface area contributed by atoms with Gasteiger partial charge < -0.3 is 4.90 Å². The van der Waals surface area contributed by atoms with E-state index in [1.54, 1.807) is 16.3 Å². The maximum Gasteiger partial charge on any atom is 0.242 e. The van der Waals surface area contributed by atoms with E-state index in [1.165, 1.54) is 0 Å². The molecule has 2 aromatic rings. The third kappa shape index (κ3) is 3.15. The molecule has 1 atom stereocenters. The van der Waals surface area contributed by atoms with Gasteiger partial charge >= 0.3 is 0 Å². The van der Waals surface area contributed by atoms with Crippen LogP contribution in [0.15, 0.2) is 46.9 Å². The highest BCUT2D eigenvalue weighted by Gasteiger charge is 2.32. The number of hydrazone groups is 1. The summed E-state index contributed by atoms with van der Waals surface area (Å²) in [4.78, 5) is 15.5. The first-order valence-corrected chi connectivity index (χ1v) is 8.68. The van der Waals surface area contributed by atoms with Crippen LogP contribution in [-0.4, -0.2) is 30.7 Å². The van der Waals surface area contributed by atoms with Crippen molar-refractivity contribution in [3.8, 4) is 0 Å². The van der Waals surface area contributed by atoms with Gasteiger partial charge in [-0.2, -0.15) is 5.10 Å². The first-order valence-electron chi connectivity index (χ1n) is 7.81. The minimum atomic E-state index is -0.00392. The van der Waals surface area contributed by atoms with Crippen LogP contribution in [0.2, 0.25) is 0 Å². The van der Waals surface area contributed by atoms with Crippen LogP contribution in [0.3, 0.4) is 0 Å². The van der Waals surface area contributed by atoms with E-state index in [2.05, 4.69) is 40.3 Å². The maximum atomic E-state index is 12.3. The Hall–Kier alpha value is -2.14. The maximum absolute atomic E-state index is 12.3. The summed E-state index contributed by atoms with van der Waals surface area (Å²) in [6.45, 7) is 1.88. The van der Waals surface area contributed by atoms with Gasteiger partial charge in [0, 0.05) is 32.6 Å². The second kappa shape index (κ2) is 6.54. The van der Waals surface area contributed by atoms with Crippen LogP contribution in [0.4, 0.5) is 5.69 Å². The summed E-state index contributed by atoms with van der Waals surface area (Å²) in [5.74, 6) is 0.0678. The number of rotatable bonds is 4. The van der Waals surface area contributed by atoms with Crippen LogP contribution in [-0.2, 0) is 4.79 Å². The van der Waals surface area contributed by atoms with Crippen LogP contribution in [0.5, 0.6) is 0 Å². The lowest BCUT2D eigenvalue weighted by Gasteiger charge is -2.22. The Labute approximate surface area is 141 Å². The Morgan fingerprint density at radius 3 is 2.61 bits per heavy atom. The molecule has 4 nitrogen and oxygen atoms in total. The van der Waals surface area contributed by atoms with E-state index < -0.39 is 0 Å². The second-order valence-electron chi connectivity index (χ2n) is 5.82. The van der Waals surface area contributed by atoms with Gasteiger partial charge in [0.1, 0.15) is 0 Å². The SMILES string of the molecule is CCC(=O)N1N=C(c2cccs2)CC1c1ccc(N(C)C)cc1. The normalized spacial score (nSPS) is 17.3. The van der Waals surface area contributed by atoms with Gasteiger partial charge in [0.05, 0.1) is 16.6 Å². The van der Waals surface area contributed by atoms with Gasteiger partial charge in [-0.05, 0) is 29.1 Å². The predicted octanol–water partition coefficient (Wildman–Crippen LogP) is 3.90. The number of hydrogen-bond donors (Lipinski definition) is 0. The zero-order valence-corrected chi connectivity index (χ0v) is 14.5. The summed E-state index contributed by atoms with van der Waals surface area (Å²) in [5.41, 5.74) is 3.29. The molecule has 1 unspecified atom stereocenters. The van der Waals surface area contributed by atoms with Crippen molar-refractivity contribution in [2.24, 2.45) is 5.10 Å². The first-order chi connectivity index (χ1) is 11.1. The van der Waals surface area contributed by atoms with Crippen LogP contribution >= 0.6 is 11.3 Å². The lowest BCUT2D eigenvalue weighted by Crippen LogP contribution is -2.26. The van der Waals surface area contributed by atoms with Crippen LogP contribution in [0, 0.1) is 0 Å². The Balaban J connectivity index is 1.90. The Morgan fingerprint density at radius 2 is 2.04 bits per heavy atom. The molecule has 0 fully saturated rings. The Morgan fingerprint density at radius 1 is 1.30 bits per heavy atom. The van der Waals surface area contributed by atoms with Gasteiger partial charge in [0.15, 0.2) is 0 Å². The quantitative estimate of drug-likeness (QED) is 0.854. The van der Waals surface area contributed by atoms with Crippen molar-refractivity contribution in [2.75, 3.05) is 19.0 Å². The lowest BCUT2D eigenvalue weighted by molar-refractivity contribution is -0.132. The molecule has 1 aromatic heterocycles.